The Kier molecular flexibility index (Phi) is 4.95. The fourth-order valence-electron chi connectivity index (χ4n) is 1.60. The van der Waals surface area contributed by atoms with Gasteiger partial charge in [-0.1, -0.05) is 15.9 Å². The summed E-state index contributed by atoms with van der Waals surface area (Å²) in [7, 11) is 0. The fourth-order valence-corrected chi connectivity index (χ4v) is 2.24. The van der Waals surface area contributed by atoms with Crippen LogP contribution in [0.4, 0.5) is 0 Å². The molecule has 1 unspecified atom stereocenters. The number of carbonyl (C=O) groups is 1. The molecule has 0 spiro atoms. The summed E-state index contributed by atoms with van der Waals surface area (Å²) in [6, 6.07) is 0. The number of esters is 1. The van der Waals surface area contributed by atoms with Gasteiger partial charge >= 0.3 is 5.97 Å². The second kappa shape index (κ2) is 5.80. The van der Waals surface area contributed by atoms with E-state index in [4.69, 9.17) is 14.2 Å². The molecule has 1 aliphatic heterocycles. The highest BCUT2D eigenvalue weighted by atomic mass is 79.9. The summed E-state index contributed by atoms with van der Waals surface area (Å²) in [6.07, 6.45) is 1.26. The van der Waals surface area contributed by atoms with E-state index in [-0.39, 0.29) is 5.97 Å². The van der Waals surface area contributed by atoms with E-state index in [9.17, 15) is 4.79 Å². The highest BCUT2D eigenvalue weighted by Gasteiger charge is 2.44. The molecule has 0 aromatic rings. The molecule has 0 amide bonds. The van der Waals surface area contributed by atoms with Crippen molar-refractivity contribution in [1.82, 2.24) is 0 Å². The zero-order valence-electron chi connectivity index (χ0n) is 9.79. The van der Waals surface area contributed by atoms with Gasteiger partial charge in [0.15, 0.2) is 6.10 Å². The predicted molar refractivity (Wildman–Crippen MR) is 63.4 cm³/mol. The summed E-state index contributed by atoms with van der Waals surface area (Å²) in [5.74, 6) is -1.23. The molecule has 0 saturated heterocycles. The van der Waals surface area contributed by atoms with E-state index < -0.39 is 11.9 Å². The number of cyclic esters (lactones) is 1. The smallest absolute Gasteiger partial charge is 0.334 e. The summed E-state index contributed by atoms with van der Waals surface area (Å²) in [5, 5.41) is 0.448. The number of hydrogen-bond acceptors (Lipinski definition) is 4. The van der Waals surface area contributed by atoms with Crippen molar-refractivity contribution < 1.29 is 19.0 Å². The molecule has 1 atom stereocenters. The van der Waals surface area contributed by atoms with Crippen molar-refractivity contribution in [2.24, 2.45) is 0 Å². The number of alkyl halides is 1. The monoisotopic (exact) mass is 292 g/mol. The van der Waals surface area contributed by atoms with Crippen molar-refractivity contribution in [1.29, 1.82) is 0 Å². The van der Waals surface area contributed by atoms with Gasteiger partial charge < -0.3 is 14.2 Å². The molecule has 0 aliphatic carbocycles. The summed E-state index contributed by atoms with van der Waals surface area (Å²) >= 11 is 3.35. The number of hydrogen-bond donors (Lipinski definition) is 0. The molecule has 1 heterocycles. The second-order valence-electron chi connectivity index (χ2n) is 3.49. The second-order valence-corrected chi connectivity index (χ2v) is 4.05. The van der Waals surface area contributed by atoms with E-state index in [1.54, 1.807) is 13.0 Å². The van der Waals surface area contributed by atoms with E-state index in [0.717, 1.165) is 0 Å². The van der Waals surface area contributed by atoms with Crippen LogP contribution in [0.1, 0.15) is 20.8 Å². The van der Waals surface area contributed by atoms with Gasteiger partial charge in [0.05, 0.1) is 5.33 Å². The molecular formula is C11H17BrO4. The van der Waals surface area contributed by atoms with Gasteiger partial charge in [-0.25, -0.2) is 4.79 Å². The first kappa shape index (κ1) is 13.7. The molecule has 1 aliphatic rings. The quantitative estimate of drug-likeness (QED) is 0.427. The largest absolute Gasteiger partial charge is 0.449 e. The summed E-state index contributed by atoms with van der Waals surface area (Å²) in [4.78, 5) is 11.3. The van der Waals surface area contributed by atoms with Crippen molar-refractivity contribution in [3.8, 4) is 0 Å². The lowest BCUT2D eigenvalue weighted by molar-refractivity contribution is -0.256. The molecule has 0 radical (unpaired) electrons. The molecule has 0 aromatic heterocycles. The third kappa shape index (κ3) is 2.64. The van der Waals surface area contributed by atoms with Gasteiger partial charge in [-0.05, 0) is 26.8 Å². The molecule has 5 heteroatoms. The molecule has 0 bridgehead atoms. The minimum absolute atomic E-state index is 0.310. The Morgan fingerprint density at radius 3 is 2.31 bits per heavy atom. The fraction of sp³-hybridized carbons (Fsp3) is 0.727. The van der Waals surface area contributed by atoms with Crippen LogP contribution in [0.25, 0.3) is 0 Å². The first-order valence-electron chi connectivity index (χ1n) is 5.33. The van der Waals surface area contributed by atoms with Crippen molar-refractivity contribution >= 4 is 21.9 Å². The van der Waals surface area contributed by atoms with E-state index >= 15 is 0 Å². The predicted octanol–water partition coefficient (Wildman–Crippen LogP) is 2.02. The maximum absolute atomic E-state index is 11.3. The zero-order valence-corrected chi connectivity index (χ0v) is 11.4. The van der Waals surface area contributed by atoms with Crippen LogP contribution in [0.5, 0.6) is 0 Å². The maximum Gasteiger partial charge on any atom is 0.334 e. The summed E-state index contributed by atoms with van der Waals surface area (Å²) in [5.41, 5.74) is 0.592. The van der Waals surface area contributed by atoms with Crippen LogP contribution in [0.3, 0.4) is 0 Å². The Morgan fingerprint density at radius 2 is 2.00 bits per heavy atom. The number of rotatable bonds is 6. The highest BCUT2D eigenvalue weighted by molar-refractivity contribution is 9.09. The van der Waals surface area contributed by atoms with E-state index in [2.05, 4.69) is 15.9 Å². The molecule has 0 aromatic carbocycles. The number of ether oxygens (including phenoxy) is 3. The van der Waals surface area contributed by atoms with Gasteiger partial charge in [-0.2, -0.15) is 0 Å². The van der Waals surface area contributed by atoms with Crippen molar-refractivity contribution in [2.75, 3.05) is 18.5 Å². The van der Waals surface area contributed by atoms with Gasteiger partial charge in [0.25, 0.3) is 0 Å². The number of halogens is 1. The molecule has 0 N–H and O–H groups in total. The standard InChI is InChI=1S/C11H17BrO4/c1-4-14-11(7-12,15-5-2)9-6-8(3)10(13)16-9/h6,9H,4-5,7H2,1-3H3. The maximum atomic E-state index is 11.3. The van der Waals surface area contributed by atoms with Gasteiger partial charge in [0.1, 0.15) is 0 Å². The van der Waals surface area contributed by atoms with Crippen LogP contribution in [0.15, 0.2) is 11.6 Å². The SMILES string of the molecule is CCOC(CBr)(OCC)C1C=C(C)C(=O)O1. The minimum atomic E-state index is -0.920. The topological polar surface area (TPSA) is 44.8 Å². The normalized spacial score (nSPS) is 20.9. The van der Waals surface area contributed by atoms with Crippen LogP contribution < -0.4 is 0 Å². The first-order chi connectivity index (χ1) is 7.59. The van der Waals surface area contributed by atoms with Crippen molar-refractivity contribution in [3.05, 3.63) is 11.6 Å². The highest BCUT2D eigenvalue weighted by Crippen LogP contribution is 2.29. The van der Waals surface area contributed by atoms with Crippen LogP contribution >= 0.6 is 15.9 Å². The Morgan fingerprint density at radius 1 is 1.44 bits per heavy atom. The lowest BCUT2D eigenvalue weighted by Gasteiger charge is -2.34. The minimum Gasteiger partial charge on any atom is -0.449 e. The Bertz CT molecular complexity index is 282. The molecule has 4 nitrogen and oxygen atoms in total. The molecule has 92 valence electrons. The third-order valence-electron chi connectivity index (χ3n) is 2.35. The third-order valence-corrected chi connectivity index (χ3v) is 3.14. The Labute approximate surface area is 104 Å². The summed E-state index contributed by atoms with van der Waals surface area (Å²) < 4.78 is 16.4. The Balaban J connectivity index is 2.88. The van der Waals surface area contributed by atoms with Gasteiger partial charge in [0.2, 0.25) is 5.79 Å². The van der Waals surface area contributed by atoms with E-state index in [1.165, 1.54) is 0 Å². The van der Waals surface area contributed by atoms with E-state index in [0.29, 0.717) is 24.1 Å². The van der Waals surface area contributed by atoms with Gasteiger partial charge in [-0.3, -0.25) is 0 Å². The summed E-state index contributed by atoms with van der Waals surface area (Å²) in [6.45, 7) is 6.46. The van der Waals surface area contributed by atoms with Crippen molar-refractivity contribution in [3.63, 3.8) is 0 Å². The molecule has 0 saturated carbocycles. The van der Waals surface area contributed by atoms with Gasteiger partial charge in [0, 0.05) is 18.8 Å². The van der Waals surface area contributed by atoms with Crippen LogP contribution in [0, 0.1) is 0 Å². The average molecular weight is 293 g/mol. The van der Waals surface area contributed by atoms with E-state index in [1.807, 2.05) is 13.8 Å². The molecule has 16 heavy (non-hydrogen) atoms. The van der Waals surface area contributed by atoms with Crippen LogP contribution in [0.2, 0.25) is 0 Å². The molecule has 0 fully saturated rings. The average Bonchev–Trinajstić information content (AvgIpc) is 2.59. The van der Waals surface area contributed by atoms with Crippen LogP contribution in [-0.4, -0.2) is 36.4 Å². The molecule has 1 rings (SSSR count). The lowest BCUT2D eigenvalue weighted by Crippen LogP contribution is -2.49. The number of carbonyl (C=O) groups excluding carboxylic acids is 1. The van der Waals surface area contributed by atoms with Crippen molar-refractivity contribution in [2.45, 2.75) is 32.7 Å². The van der Waals surface area contributed by atoms with Gasteiger partial charge in [-0.15, -0.1) is 0 Å². The Hall–Kier alpha value is -0.390. The first-order valence-corrected chi connectivity index (χ1v) is 6.45. The zero-order chi connectivity index (χ0) is 12.2. The van der Waals surface area contributed by atoms with Crippen LogP contribution in [-0.2, 0) is 19.0 Å². The molecular weight excluding hydrogens is 276 g/mol. The lowest BCUT2D eigenvalue weighted by atomic mass is 10.1.